The maximum absolute atomic E-state index is 13.9. The van der Waals surface area contributed by atoms with Crippen LogP contribution in [-0.4, -0.2) is 30.1 Å². The number of halogens is 1. The molecule has 104 valence electrons. The van der Waals surface area contributed by atoms with Crippen LogP contribution in [0.3, 0.4) is 0 Å². The van der Waals surface area contributed by atoms with Crippen LogP contribution in [0, 0.1) is 5.82 Å². The van der Waals surface area contributed by atoms with E-state index in [1.54, 1.807) is 0 Å². The summed E-state index contributed by atoms with van der Waals surface area (Å²) in [6, 6.07) is 3.61. The first kappa shape index (κ1) is 14.9. The van der Waals surface area contributed by atoms with E-state index in [1.165, 1.54) is 17.0 Å². The Labute approximate surface area is 110 Å². The summed E-state index contributed by atoms with van der Waals surface area (Å²) < 4.78 is 13.9. The number of aromatic carboxylic acids is 1. The molecule has 1 amide bonds. The van der Waals surface area contributed by atoms with Crippen molar-refractivity contribution in [3.05, 3.63) is 29.6 Å². The summed E-state index contributed by atoms with van der Waals surface area (Å²) >= 11 is 0. The van der Waals surface area contributed by atoms with Gasteiger partial charge in [0.05, 0.1) is 17.8 Å². The predicted molar refractivity (Wildman–Crippen MR) is 69.7 cm³/mol. The molecule has 1 rings (SSSR count). The molecule has 6 heteroatoms. The molecular weight excluding hydrogens is 251 g/mol. The third kappa shape index (κ3) is 4.24. The van der Waals surface area contributed by atoms with Gasteiger partial charge in [-0.1, -0.05) is 13.3 Å². The zero-order valence-electron chi connectivity index (χ0n) is 10.7. The normalized spacial score (nSPS) is 10.2. The Morgan fingerprint density at radius 2 is 2.11 bits per heavy atom. The van der Waals surface area contributed by atoms with Crippen LogP contribution in [0.15, 0.2) is 18.2 Å². The molecule has 3 N–H and O–H groups in total. The van der Waals surface area contributed by atoms with Crippen molar-refractivity contribution >= 4 is 17.6 Å². The number of nitrogens with two attached hydrogens (primary N) is 1. The number of rotatable bonds is 7. The summed E-state index contributed by atoms with van der Waals surface area (Å²) in [5.74, 6) is -2.42. The Kier molecular flexibility index (Phi) is 5.29. The lowest BCUT2D eigenvalue weighted by atomic mass is 10.1. The standard InChI is InChI=1S/C13H17FN2O3/c1-2-3-6-16(8-12(15)17)11-5-4-9(13(18)19)7-10(11)14/h4-5,7H,2-3,6,8H2,1H3,(H2,15,17)(H,18,19). The molecular formula is C13H17FN2O3. The average molecular weight is 268 g/mol. The third-order valence-electron chi connectivity index (χ3n) is 2.66. The molecule has 0 bridgehead atoms. The molecule has 1 aromatic carbocycles. The van der Waals surface area contributed by atoms with Gasteiger partial charge in [0.1, 0.15) is 5.82 Å². The number of primary amides is 1. The molecule has 0 aliphatic carbocycles. The van der Waals surface area contributed by atoms with Crippen molar-refractivity contribution in [3.8, 4) is 0 Å². The Morgan fingerprint density at radius 1 is 1.42 bits per heavy atom. The van der Waals surface area contributed by atoms with Gasteiger partial charge in [-0.05, 0) is 24.6 Å². The number of unbranched alkanes of at least 4 members (excludes halogenated alkanes) is 1. The largest absolute Gasteiger partial charge is 0.478 e. The van der Waals surface area contributed by atoms with Gasteiger partial charge in [-0.15, -0.1) is 0 Å². The molecule has 0 spiro atoms. The summed E-state index contributed by atoms with van der Waals surface area (Å²) in [7, 11) is 0. The van der Waals surface area contributed by atoms with Crippen molar-refractivity contribution in [2.45, 2.75) is 19.8 Å². The van der Waals surface area contributed by atoms with Crippen LogP contribution >= 0.6 is 0 Å². The van der Waals surface area contributed by atoms with Gasteiger partial charge in [-0.25, -0.2) is 9.18 Å². The zero-order chi connectivity index (χ0) is 14.4. The van der Waals surface area contributed by atoms with E-state index in [1.807, 2.05) is 6.92 Å². The Bertz CT molecular complexity index is 477. The summed E-state index contributed by atoms with van der Waals surface area (Å²) in [4.78, 5) is 23.2. The van der Waals surface area contributed by atoms with Crippen LogP contribution in [0.4, 0.5) is 10.1 Å². The number of hydrogen-bond donors (Lipinski definition) is 2. The first-order chi connectivity index (χ1) is 8.95. The number of amides is 1. The van der Waals surface area contributed by atoms with Crippen LogP contribution in [0.25, 0.3) is 0 Å². The minimum atomic E-state index is -1.19. The molecule has 0 saturated carbocycles. The van der Waals surface area contributed by atoms with Gasteiger partial charge in [0.25, 0.3) is 0 Å². The van der Waals surface area contributed by atoms with E-state index in [0.717, 1.165) is 18.9 Å². The van der Waals surface area contributed by atoms with Crippen LogP contribution in [-0.2, 0) is 4.79 Å². The van der Waals surface area contributed by atoms with E-state index < -0.39 is 17.7 Å². The lowest BCUT2D eigenvalue weighted by Crippen LogP contribution is -2.35. The summed E-state index contributed by atoms with van der Waals surface area (Å²) in [5, 5.41) is 8.77. The van der Waals surface area contributed by atoms with Gasteiger partial charge in [-0.2, -0.15) is 0 Å². The van der Waals surface area contributed by atoms with Gasteiger partial charge in [0, 0.05) is 6.54 Å². The van der Waals surface area contributed by atoms with E-state index in [9.17, 15) is 14.0 Å². The van der Waals surface area contributed by atoms with Gasteiger partial charge >= 0.3 is 5.97 Å². The van der Waals surface area contributed by atoms with Crippen LogP contribution in [0.1, 0.15) is 30.1 Å². The van der Waals surface area contributed by atoms with Crippen molar-refractivity contribution in [1.29, 1.82) is 0 Å². The van der Waals surface area contributed by atoms with E-state index >= 15 is 0 Å². The van der Waals surface area contributed by atoms with Gasteiger partial charge in [0.2, 0.25) is 5.91 Å². The topological polar surface area (TPSA) is 83.6 Å². The second kappa shape index (κ2) is 6.72. The molecule has 0 aromatic heterocycles. The highest BCUT2D eigenvalue weighted by atomic mass is 19.1. The van der Waals surface area contributed by atoms with E-state index in [-0.39, 0.29) is 17.8 Å². The monoisotopic (exact) mass is 268 g/mol. The summed E-state index contributed by atoms with van der Waals surface area (Å²) in [6.07, 6.45) is 1.68. The van der Waals surface area contributed by atoms with Crippen LogP contribution in [0.2, 0.25) is 0 Å². The van der Waals surface area contributed by atoms with Crippen LogP contribution < -0.4 is 10.6 Å². The third-order valence-corrected chi connectivity index (χ3v) is 2.66. The number of carboxylic acid groups (broad SMARTS) is 1. The summed E-state index contributed by atoms with van der Waals surface area (Å²) in [6.45, 7) is 2.37. The quantitative estimate of drug-likeness (QED) is 0.787. The lowest BCUT2D eigenvalue weighted by Gasteiger charge is -2.23. The fourth-order valence-electron chi connectivity index (χ4n) is 1.72. The highest BCUT2D eigenvalue weighted by molar-refractivity contribution is 5.88. The van der Waals surface area contributed by atoms with Crippen molar-refractivity contribution in [1.82, 2.24) is 0 Å². The number of carboxylic acids is 1. The molecule has 0 radical (unpaired) electrons. The van der Waals surface area contributed by atoms with E-state index in [0.29, 0.717) is 6.54 Å². The number of carbonyl (C=O) groups is 2. The molecule has 0 heterocycles. The molecule has 0 atom stereocenters. The average Bonchev–Trinajstić information content (AvgIpc) is 2.34. The van der Waals surface area contributed by atoms with Crippen molar-refractivity contribution < 1.29 is 19.1 Å². The first-order valence-electron chi connectivity index (χ1n) is 6.01. The van der Waals surface area contributed by atoms with Gasteiger partial charge in [-0.3, -0.25) is 4.79 Å². The van der Waals surface area contributed by atoms with Crippen molar-refractivity contribution in [2.75, 3.05) is 18.0 Å². The van der Waals surface area contributed by atoms with Crippen LogP contribution in [0.5, 0.6) is 0 Å². The molecule has 19 heavy (non-hydrogen) atoms. The SMILES string of the molecule is CCCCN(CC(N)=O)c1ccc(C(=O)O)cc1F. The predicted octanol–water partition coefficient (Wildman–Crippen LogP) is 1.62. The minimum absolute atomic E-state index is 0.0939. The number of carbonyl (C=O) groups excluding carboxylic acids is 1. The number of benzene rings is 1. The fourth-order valence-corrected chi connectivity index (χ4v) is 1.72. The molecule has 0 aliphatic heterocycles. The van der Waals surface area contributed by atoms with E-state index in [4.69, 9.17) is 10.8 Å². The molecule has 0 unspecified atom stereocenters. The number of anilines is 1. The second-order valence-electron chi connectivity index (χ2n) is 4.21. The fraction of sp³-hybridized carbons (Fsp3) is 0.385. The maximum Gasteiger partial charge on any atom is 0.335 e. The highest BCUT2D eigenvalue weighted by Gasteiger charge is 2.15. The second-order valence-corrected chi connectivity index (χ2v) is 4.21. The lowest BCUT2D eigenvalue weighted by molar-refractivity contribution is -0.116. The number of nitrogens with zero attached hydrogens (tertiary/aromatic N) is 1. The Morgan fingerprint density at radius 3 is 2.58 bits per heavy atom. The Balaban J connectivity index is 3.00. The summed E-state index contributed by atoms with van der Waals surface area (Å²) in [5.41, 5.74) is 5.20. The molecule has 5 nitrogen and oxygen atoms in total. The minimum Gasteiger partial charge on any atom is -0.478 e. The van der Waals surface area contributed by atoms with E-state index in [2.05, 4.69) is 0 Å². The van der Waals surface area contributed by atoms with Crippen molar-refractivity contribution in [3.63, 3.8) is 0 Å². The zero-order valence-corrected chi connectivity index (χ0v) is 10.7. The van der Waals surface area contributed by atoms with Gasteiger partial charge in [0.15, 0.2) is 0 Å². The molecule has 0 saturated heterocycles. The van der Waals surface area contributed by atoms with Gasteiger partial charge < -0.3 is 15.7 Å². The highest BCUT2D eigenvalue weighted by Crippen LogP contribution is 2.21. The molecule has 0 fully saturated rings. The molecule has 0 aliphatic rings. The molecule has 1 aromatic rings. The Hall–Kier alpha value is -2.11. The first-order valence-corrected chi connectivity index (χ1v) is 6.01. The number of hydrogen-bond acceptors (Lipinski definition) is 3. The van der Waals surface area contributed by atoms with Crippen molar-refractivity contribution in [2.24, 2.45) is 5.73 Å². The maximum atomic E-state index is 13.9. The smallest absolute Gasteiger partial charge is 0.335 e.